The maximum atomic E-state index is 12.3. The summed E-state index contributed by atoms with van der Waals surface area (Å²) in [5.41, 5.74) is 6.35. The standard InChI is InChI=1S/C12H22N2O2S2/c1-8(2)9(3)6-14-18(15,16)12-10(4)7-17-11(12)5-13/h7-9,14H,5-6,13H2,1-4H3. The van der Waals surface area contributed by atoms with E-state index in [0.717, 1.165) is 10.4 Å². The van der Waals surface area contributed by atoms with Gasteiger partial charge in [-0.05, 0) is 29.7 Å². The van der Waals surface area contributed by atoms with Crippen molar-refractivity contribution in [2.45, 2.75) is 39.1 Å². The van der Waals surface area contributed by atoms with Gasteiger partial charge in [-0.25, -0.2) is 13.1 Å². The lowest BCUT2D eigenvalue weighted by Gasteiger charge is -2.16. The van der Waals surface area contributed by atoms with Crippen molar-refractivity contribution in [2.24, 2.45) is 17.6 Å². The lowest BCUT2D eigenvalue weighted by Crippen LogP contribution is -2.31. The number of hydrogen-bond acceptors (Lipinski definition) is 4. The Morgan fingerprint density at radius 2 is 2.00 bits per heavy atom. The van der Waals surface area contributed by atoms with Gasteiger partial charge >= 0.3 is 0 Å². The fourth-order valence-corrected chi connectivity index (χ4v) is 4.38. The van der Waals surface area contributed by atoms with Crippen LogP contribution in [0.5, 0.6) is 0 Å². The van der Waals surface area contributed by atoms with Crippen molar-refractivity contribution in [3.05, 3.63) is 15.8 Å². The van der Waals surface area contributed by atoms with Crippen molar-refractivity contribution >= 4 is 21.4 Å². The number of nitrogens with two attached hydrogens (primary N) is 1. The van der Waals surface area contributed by atoms with Crippen LogP contribution in [0.3, 0.4) is 0 Å². The minimum absolute atomic E-state index is 0.258. The van der Waals surface area contributed by atoms with Gasteiger partial charge in [0.05, 0.1) is 0 Å². The molecule has 1 rings (SSSR count). The van der Waals surface area contributed by atoms with Crippen LogP contribution in [0.4, 0.5) is 0 Å². The number of hydrogen-bond donors (Lipinski definition) is 2. The highest BCUT2D eigenvalue weighted by Gasteiger charge is 2.23. The van der Waals surface area contributed by atoms with Crippen LogP contribution in [-0.4, -0.2) is 15.0 Å². The quantitative estimate of drug-likeness (QED) is 0.842. The van der Waals surface area contributed by atoms with Gasteiger partial charge < -0.3 is 5.73 Å². The Balaban J connectivity index is 2.90. The molecule has 0 saturated carbocycles. The topological polar surface area (TPSA) is 72.2 Å². The molecule has 0 bridgehead atoms. The highest BCUT2D eigenvalue weighted by atomic mass is 32.2. The molecule has 1 unspecified atom stereocenters. The maximum absolute atomic E-state index is 12.3. The van der Waals surface area contributed by atoms with E-state index in [1.54, 1.807) is 6.92 Å². The predicted molar refractivity (Wildman–Crippen MR) is 76.1 cm³/mol. The number of sulfonamides is 1. The van der Waals surface area contributed by atoms with Gasteiger partial charge in [0.2, 0.25) is 10.0 Å². The minimum atomic E-state index is -3.44. The third-order valence-electron chi connectivity index (χ3n) is 3.18. The van der Waals surface area contributed by atoms with E-state index in [1.165, 1.54) is 11.3 Å². The SMILES string of the molecule is Cc1csc(CN)c1S(=O)(=O)NCC(C)C(C)C. The third-order valence-corrected chi connectivity index (χ3v) is 6.09. The van der Waals surface area contributed by atoms with Crippen LogP contribution >= 0.6 is 11.3 Å². The van der Waals surface area contributed by atoms with E-state index >= 15 is 0 Å². The summed E-state index contributed by atoms with van der Waals surface area (Å²) in [5.74, 6) is 0.755. The molecule has 6 heteroatoms. The lowest BCUT2D eigenvalue weighted by molar-refractivity contribution is 0.414. The van der Waals surface area contributed by atoms with Gasteiger partial charge in [0.25, 0.3) is 0 Å². The molecule has 0 aromatic carbocycles. The van der Waals surface area contributed by atoms with Crippen LogP contribution in [-0.2, 0) is 16.6 Å². The summed E-state index contributed by atoms with van der Waals surface area (Å²) >= 11 is 1.40. The van der Waals surface area contributed by atoms with Crippen molar-refractivity contribution < 1.29 is 8.42 Å². The zero-order valence-electron chi connectivity index (χ0n) is 11.4. The summed E-state index contributed by atoms with van der Waals surface area (Å²) in [7, 11) is -3.44. The fourth-order valence-electron chi connectivity index (χ4n) is 1.54. The summed E-state index contributed by atoms with van der Waals surface area (Å²) in [6.07, 6.45) is 0. The van der Waals surface area contributed by atoms with Crippen LogP contribution in [0.2, 0.25) is 0 Å². The Morgan fingerprint density at radius 1 is 1.39 bits per heavy atom. The molecule has 1 atom stereocenters. The second-order valence-corrected chi connectivity index (χ2v) is 7.62. The fraction of sp³-hybridized carbons (Fsp3) is 0.667. The first-order valence-electron chi connectivity index (χ1n) is 6.06. The highest BCUT2D eigenvalue weighted by Crippen LogP contribution is 2.26. The summed E-state index contributed by atoms with van der Waals surface area (Å²) < 4.78 is 27.2. The summed E-state index contributed by atoms with van der Waals surface area (Å²) in [4.78, 5) is 1.09. The molecule has 0 aliphatic heterocycles. The number of nitrogens with one attached hydrogen (secondary N) is 1. The zero-order chi connectivity index (χ0) is 13.9. The first kappa shape index (κ1) is 15.6. The molecule has 0 aliphatic carbocycles. The summed E-state index contributed by atoms with van der Waals surface area (Å²) in [6.45, 7) is 8.72. The molecule has 1 heterocycles. The minimum Gasteiger partial charge on any atom is -0.326 e. The van der Waals surface area contributed by atoms with Crippen LogP contribution in [0.15, 0.2) is 10.3 Å². The van der Waals surface area contributed by atoms with Crippen LogP contribution in [0, 0.1) is 18.8 Å². The van der Waals surface area contributed by atoms with Gasteiger partial charge in [0.1, 0.15) is 4.90 Å². The Morgan fingerprint density at radius 3 is 2.50 bits per heavy atom. The Bertz CT molecular complexity index is 492. The van der Waals surface area contributed by atoms with Crippen LogP contribution < -0.4 is 10.5 Å². The van der Waals surface area contributed by atoms with Gasteiger partial charge in [0.15, 0.2) is 0 Å². The largest absolute Gasteiger partial charge is 0.326 e. The number of rotatable bonds is 6. The normalized spacial score (nSPS) is 14.1. The third kappa shape index (κ3) is 3.54. The number of thiophene rings is 1. The molecule has 0 amide bonds. The molecule has 18 heavy (non-hydrogen) atoms. The van der Waals surface area contributed by atoms with Gasteiger partial charge in [-0.2, -0.15) is 0 Å². The first-order chi connectivity index (χ1) is 8.29. The molecule has 1 aromatic rings. The average molecular weight is 290 g/mol. The second-order valence-electron chi connectivity index (χ2n) is 4.95. The van der Waals surface area contributed by atoms with Crippen molar-refractivity contribution in [3.8, 4) is 0 Å². The Labute approximate surface area is 114 Å². The number of aryl methyl sites for hydroxylation is 1. The smallest absolute Gasteiger partial charge is 0.241 e. The van der Waals surface area contributed by atoms with Crippen molar-refractivity contribution in [1.29, 1.82) is 0 Å². The van der Waals surface area contributed by atoms with Crippen molar-refractivity contribution in [3.63, 3.8) is 0 Å². The van der Waals surface area contributed by atoms with E-state index in [4.69, 9.17) is 5.73 Å². The lowest BCUT2D eigenvalue weighted by atomic mass is 9.99. The monoisotopic (exact) mass is 290 g/mol. The van der Waals surface area contributed by atoms with E-state index in [2.05, 4.69) is 18.6 Å². The van der Waals surface area contributed by atoms with Crippen LogP contribution in [0.25, 0.3) is 0 Å². The van der Waals surface area contributed by atoms with E-state index < -0.39 is 10.0 Å². The van der Waals surface area contributed by atoms with E-state index in [1.807, 2.05) is 12.3 Å². The van der Waals surface area contributed by atoms with E-state index in [0.29, 0.717) is 23.3 Å². The second kappa shape index (κ2) is 6.14. The van der Waals surface area contributed by atoms with Crippen molar-refractivity contribution in [1.82, 2.24) is 4.72 Å². The summed E-state index contributed by atoms with van der Waals surface area (Å²) in [6, 6.07) is 0. The maximum Gasteiger partial charge on any atom is 0.241 e. The molecule has 104 valence electrons. The first-order valence-corrected chi connectivity index (χ1v) is 8.42. The van der Waals surface area contributed by atoms with Gasteiger partial charge in [-0.3, -0.25) is 0 Å². The Hall–Kier alpha value is -0.430. The van der Waals surface area contributed by atoms with E-state index in [9.17, 15) is 8.42 Å². The zero-order valence-corrected chi connectivity index (χ0v) is 13.0. The molecular weight excluding hydrogens is 268 g/mol. The van der Waals surface area contributed by atoms with Crippen molar-refractivity contribution in [2.75, 3.05) is 6.54 Å². The molecular formula is C12H22N2O2S2. The molecule has 1 aromatic heterocycles. The predicted octanol–water partition coefficient (Wildman–Crippen LogP) is 2.09. The molecule has 0 fully saturated rings. The van der Waals surface area contributed by atoms with Gasteiger partial charge in [0, 0.05) is 18.0 Å². The molecule has 0 radical (unpaired) electrons. The average Bonchev–Trinajstić information content (AvgIpc) is 2.67. The molecule has 0 saturated heterocycles. The Kier molecular flexibility index (Phi) is 5.33. The van der Waals surface area contributed by atoms with Crippen LogP contribution in [0.1, 0.15) is 31.2 Å². The molecule has 0 aliphatic rings. The highest BCUT2D eigenvalue weighted by molar-refractivity contribution is 7.89. The van der Waals surface area contributed by atoms with E-state index in [-0.39, 0.29) is 6.54 Å². The molecule has 0 spiro atoms. The summed E-state index contributed by atoms with van der Waals surface area (Å²) in [5, 5.41) is 1.84. The van der Waals surface area contributed by atoms with Gasteiger partial charge in [-0.1, -0.05) is 20.8 Å². The molecule has 3 N–H and O–H groups in total. The van der Waals surface area contributed by atoms with Gasteiger partial charge in [-0.15, -0.1) is 11.3 Å². The molecule has 4 nitrogen and oxygen atoms in total.